The van der Waals surface area contributed by atoms with E-state index in [1.54, 1.807) is 20.2 Å². The molecule has 0 aliphatic heterocycles. The zero-order valence-electron chi connectivity index (χ0n) is 16.4. The molecule has 1 N–H and O–H groups in total. The molecule has 0 saturated heterocycles. The Labute approximate surface area is 179 Å². The van der Waals surface area contributed by atoms with Crippen LogP contribution >= 0.6 is 11.6 Å². The van der Waals surface area contributed by atoms with Crippen LogP contribution in [0.25, 0.3) is 22.3 Å². The van der Waals surface area contributed by atoms with Crippen molar-refractivity contribution >= 4 is 34.2 Å². The van der Waals surface area contributed by atoms with E-state index in [1.807, 2.05) is 0 Å². The van der Waals surface area contributed by atoms with E-state index in [-0.39, 0.29) is 28.2 Å². The molecule has 0 aliphatic carbocycles. The van der Waals surface area contributed by atoms with Gasteiger partial charge in [-0.25, -0.2) is 22.8 Å². The van der Waals surface area contributed by atoms with Crippen molar-refractivity contribution in [3.63, 3.8) is 0 Å². The Morgan fingerprint density at radius 1 is 1.29 bits per heavy atom. The highest BCUT2D eigenvalue weighted by Crippen LogP contribution is 2.33. The van der Waals surface area contributed by atoms with Gasteiger partial charge >= 0.3 is 0 Å². The van der Waals surface area contributed by atoms with Crippen molar-refractivity contribution in [2.75, 3.05) is 5.32 Å². The Balaban J connectivity index is 1.72. The second kappa shape index (κ2) is 8.03. The number of halogens is 4. The zero-order valence-corrected chi connectivity index (χ0v) is 17.2. The highest BCUT2D eigenvalue weighted by atomic mass is 35.5. The predicted octanol–water partition coefficient (Wildman–Crippen LogP) is 4.51. The fourth-order valence-corrected chi connectivity index (χ4v) is 3.46. The van der Waals surface area contributed by atoms with E-state index in [9.17, 15) is 18.0 Å². The molecule has 160 valence electrons. The summed E-state index contributed by atoms with van der Waals surface area (Å²) in [7, 11) is 1.70. The number of hydrogen-bond acceptors (Lipinski definition) is 4. The van der Waals surface area contributed by atoms with Gasteiger partial charge in [-0.2, -0.15) is 10.2 Å². The molecule has 0 saturated carbocycles. The number of pyridine rings is 1. The molecule has 3 heterocycles. The minimum atomic E-state index is -2.76. The van der Waals surface area contributed by atoms with Crippen molar-refractivity contribution in [1.29, 1.82) is 0 Å². The molecule has 0 fully saturated rings. The minimum absolute atomic E-state index is 0.137. The van der Waals surface area contributed by atoms with Crippen LogP contribution in [0.4, 0.5) is 18.9 Å². The van der Waals surface area contributed by atoms with Crippen molar-refractivity contribution in [1.82, 2.24) is 24.5 Å². The molecule has 0 aliphatic rings. The number of nitrogens with one attached hydrogen (secondary N) is 1. The number of carbonyl (C=O) groups excluding carboxylic acids is 1. The van der Waals surface area contributed by atoms with Gasteiger partial charge in [-0.15, -0.1) is 0 Å². The highest BCUT2D eigenvalue weighted by molar-refractivity contribution is 6.31. The molecule has 0 radical (unpaired) electrons. The number of hydrogen-bond donors (Lipinski definition) is 1. The van der Waals surface area contributed by atoms with Gasteiger partial charge in [0.1, 0.15) is 12.4 Å². The van der Waals surface area contributed by atoms with Gasteiger partial charge in [-0.3, -0.25) is 9.48 Å². The lowest BCUT2D eigenvalue weighted by molar-refractivity contribution is -0.116. The summed E-state index contributed by atoms with van der Waals surface area (Å²) in [5.41, 5.74) is 1.40. The van der Waals surface area contributed by atoms with Gasteiger partial charge < -0.3 is 5.32 Å². The smallest absolute Gasteiger partial charge is 0.264 e. The molecule has 1 aromatic carbocycles. The molecular formula is C20H16ClF3N6O. The maximum absolute atomic E-state index is 13.8. The Morgan fingerprint density at radius 3 is 2.71 bits per heavy atom. The van der Waals surface area contributed by atoms with Crippen molar-refractivity contribution in [3.8, 4) is 11.3 Å². The number of carbonyl (C=O) groups is 1. The van der Waals surface area contributed by atoms with Crippen LogP contribution in [0.5, 0.6) is 0 Å². The molecule has 3 aromatic heterocycles. The number of rotatable bonds is 5. The lowest BCUT2D eigenvalue weighted by Crippen LogP contribution is -2.20. The van der Waals surface area contributed by atoms with Crippen molar-refractivity contribution in [2.24, 2.45) is 7.05 Å². The largest absolute Gasteiger partial charge is 0.324 e. The second-order valence-corrected chi connectivity index (χ2v) is 7.33. The number of amides is 1. The fraction of sp³-hybridized carbons (Fsp3) is 0.200. The number of alkyl halides is 2. The molecule has 1 amide bonds. The Bertz CT molecular complexity index is 1300. The Morgan fingerprint density at radius 2 is 2.06 bits per heavy atom. The van der Waals surface area contributed by atoms with Crippen molar-refractivity contribution in [3.05, 3.63) is 58.8 Å². The lowest BCUT2D eigenvalue weighted by Gasteiger charge is -2.09. The summed E-state index contributed by atoms with van der Waals surface area (Å²) < 4.78 is 43.7. The third-order valence-corrected chi connectivity index (χ3v) is 4.93. The maximum atomic E-state index is 13.8. The number of anilines is 1. The topological polar surface area (TPSA) is 77.6 Å². The Kier molecular flexibility index (Phi) is 5.40. The van der Waals surface area contributed by atoms with Gasteiger partial charge in [0.05, 0.1) is 28.0 Å². The van der Waals surface area contributed by atoms with Crippen LogP contribution in [0.3, 0.4) is 0 Å². The molecule has 0 spiro atoms. The number of fused-ring (bicyclic) bond motifs is 1. The summed E-state index contributed by atoms with van der Waals surface area (Å²) in [6.07, 6.45) is 0.414. The number of nitrogens with zero attached hydrogens (tertiary/aromatic N) is 5. The van der Waals surface area contributed by atoms with E-state index in [0.717, 1.165) is 6.07 Å². The molecule has 0 atom stereocenters. The van der Waals surface area contributed by atoms with Crippen LogP contribution in [0, 0.1) is 12.7 Å². The van der Waals surface area contributed by atoms with Crippen molar-refractivity contribution < 1.29 is 18.0 Å². The molecule has 4 aromatic rings. The first kappa shape index (κ1) is 20.9. The highest BCUT2D eigenvalue weighted by Gasteiger charge is 2.22. The van der Waals surface area contributed by atoms with Crippen LogP contribution in [-0.2, 0) is 18.4 Å². The number of benzene rings is 1. The molecule has 4 rings (SSSR count). The summed E-state index contributed by atoms with van der Waals surface area (Å²) in [4.78, 5) is 17.0. The van der Waals surface area contributed by atoms with Gasteiger partial charge in [0, 0.05) is 30.1 Å². The number of aromatic nitrogens is 5. The average Bonchev–Trinajstić information content (AvgIpc) is 3.27. The fourth-order valence-electron chi connectivity index (χ4n) is 3.28. The quantitative estimate of drug-likeness (QED) is 0.487. The predicted molar refractivity (Wildman–Crippen MR) is 109 cm³/mol. The summed E-state index contributed by atoms with van der Waals surface area (Å²) in [5.74, 6) is -1.11. The van der Waals surface area contributed by atoms with Gasteiger partial charge in [0.25, 0.3) is 6.43 Å². The van der Waals surface area contributed by atoms with E-state index >= 15 is 0 Å². The van der Waals surface area contributed by atoms with Crippen molar-refractivity contribution in [2.45, 2.75) is 19.9 Å². The van der Waals surface area contributed by atoms with Gasteiger partial charge in [0.15, 0.2) is 5.65 Å². The SMILES string of the molecule is Cc1nn(CC(=O)Nc2ccc(F)c(Cl)c2)c2nc(-c3cnn(C)c3)cc(C(F)F)c12. The minimum Gasteiger partial charge on any atom is -0.324 e. The van der Waals surface area contributed by atoms with E-state index in [2.05, 4.69) is 20.5 Å². The van der Waals surface area contributed by atoms with Crippen LogP contribution in [0.15, 0.2) is 36.7 Å². The molecule has 0 unspecified atom stereocenters. The monoisotopic (exact) mass is 448 g/mol. The zero-order chi connectivity index (χ0) is 22.3. The third-order valence-electron chi connectivity index (χ3n) is 4.64. The third kappa shape index (κ3) is 4.11. The summed E-state index contributed by atoms with van der Waals surface area (Å²) in [5, 5.41) is 10.9. The normalized spacial score (nSPS) is 11.5. The Hall–Kier alpha value is -3.40. The first-order valence-corrected chi connectivity index (χ1v) is 9.51. The van der Waals surface area contributed by atoms with E-state index in [4.69, 9.17) is 11.6 Å². The first-order chi connectivity index (χ1) is 14.7. The standard InChI is InChI=1S/C20H16ClF3N6O/c1-10-18-13(19(23)24)6-16(11-7-25-29(2)8-11)27-20(18)30(28-10)9-17(31)26-12-3-4-15(22)14(21)5-12/h3-8,19H,9H2,1-2H3,(H,26,31). The number of aryl methyl sites for hydroxylation is 2. The van der Waals surface area contributed by atoms with Crippen LogP contribution < -0.4 is 5.32 Å². The van der Waals surface area contributed by atoms with Crippen LogP contribution in [0.1, 0.15) is 17.7 Å². The van der Waals surface area contributed by atoms with E-state index < -0.39 is 18.1 Å². The maximum Gasteiger partial charge on any atom is 0.264 e. The molecule has 0 bridgehead atoms. The summed E-state index contributed by atoms with van der Waals surface area (Å²) in [6.45, 7) is 1.29. The van der Waals surface area contributed by atoms with Gasteiger partial charge in [0.2, 0.25) is 5.91 Å². The van der Waals surface area contributed by atoms with Gasteiger partial charge in [-0.05, 0) is 31.2 Å². The lowest BCUT2D eigenvalue weighted by atomic mass is 10.1. The van der Waals surface area contributed by atoms with Gasteiger partial charge in [-0.1, -0.05) is 11.6 Å². The first-order valence-electron chi connectivity index (χ1n) is 9.13. The van der Waals surface area contributed by atoms with E-state index in [1.165, 1.54) is 33.8 Å². The molecular weight excluding hydrogens is 433 g/mol. The van der Waals surface area contributed by atoms with Crippen LogP contribution in [-0.4, -0.2) is 30.5 Å². The molecule has 31 heavy (non-hydrogen) atoms. The summed E-state index contributed by atoms with van der Waals surface area (Å²) >= 11 is 5.73. The average molecular weight is 449 g/mol. The molecule has 11 heteroatoms. The van der Waals surface area contributed by atoms with Crippen LogP contribution in [0.2, 0.25) is 5.02 Å². The molecule has 7 nitrogen and oxygen atoms in total. The van der Waals surface area contributed by atoms with E-state index in [0.29, 0.717) is 22.6 Å². The second-order valence-electron chi connectivity index (χ2n) is 6.92. The summed E-state index contributed by atoms with van der Waals surface area (Å²) in [6, 6.07) is 5.07.